The van der Waals surface area contributed by atoms with Crippen molar-refractivity contribution in [2.45, 2.75) is 0 Å². The summed E-state index contributed by atoms with van der Waals surface area (Å²) in [7, 11) is 0. The Kier molecular flexibility index (Phi) is 1060. The van der Waals surface area contributed by atoms with Gasteiger partial charge in [-0.3, -0.25) is 14.1 Å². The third-order valence-corrected chi connectivity index (χ3v) is 0. The number of rotatable bonds is 0. The van der Waals surface area contributed by atoms with Crippen LogP contribution in [0.15, 0.2) is 0 Å². The van der Waals surface area contributed by atoms with Crippen LogP contribution in [0.3, 0.4) is 0 Å². The molecule has 0 saturated carbocycles. The van der Waals surface area contributed by atoms with Crippen molar-refractivity contribution in [1.82, 2.24) is 0 Å². The maximum absolute atomic E-state index is 0. The van der Waals surface area contributed by atoms with Gasteiger partial charge in [-0.05, 0) is 0 Å². The fourth-order valence-electron chi connectivity index (χ4n) is 0. The molecule has 0 bridgehead atoms. The van der Waals surface area contributed by atoms with E-state index in [1.165, 1.54) is 0 Å². The van der Waals surface area contributed by atoms with E-state index < -0.39 is 0 Å². The first-order valence-corrected chi connectivity index (χ1v) is 0. The van der Waals surface area contributed by atoms with E-state index in [-0.39, 0.29) is 63.7 Å². The van der Waals surface area contributed by atoms with E-state index in [0.717, 1.165) is 0 Å². The topological polar surface area (TPSA) is 0 Å². The first kappa shape index (κ1) is 97.5. The number of hydrogen-bond donors (Lipinski definition) is 0. The monoisotopic (exact) mass is 135 g/mol. The van der Waals surface area contributed by atoms with Crippen molar-refractivity contribution in [2.75, 3.05) is 0 Å². The van der Waals surface area contributed by atoms with Crippen molar-refractivity contribution in [3.05, 3.63) is 0 Å². The molecule has 31 valence electrons. The van der Waals surface area contributed by atoms with Crippen molar-refractivity contribution in [2.24, 2.45) is 0 Å². The zero-order valence-electron chi connectivity index (χ0n) is 3.67. The summed E-state index contributed by atoms with van der Waals surface area (Å²) < 4.78 is 0. The zero-order chi connectivity index (χ0) is 0. The van der Waals surface area contributed by atoms with Gasteiger partial charge in [0.2, 0.25) is 0 Å². The van der Waals surface area contributed by atoms with Crippen LogP contribution in [0.1, 0.15) is 1.43 Å². The molecule has 0 aromatic carbocycles. The average molecular weight is 135 g/mol. The van der Waals surface area contributed by atoms with Gasteiger partial charge in [0.1, 0.15) is 0 Å². The van der Waals surface area contributed by atoms with Crippen LogP contribution >= 0.6 is 0 Å². The summed E-state index contributed by atoms with van der Waals surface area (Å²) in [6.45, 7) is 0. The van der Waals surface area contributed by atoms with E-state index in [4.69, 9.17) is 0 Å². The zero-order valence-corrected chi connectivity index (χ0v) is 6.07. The van der Waals surface area contributed by atoms with Gasteiger partial charge < -0.3 is 1.43 Å². The van der Waals surface area contributed by atoms with Gasteiger partial charge >= 0.3 is 29.6 Å². The Morgan fingerprint density at radius 2 is 0.800 bits per heavy atom. The van der Waals surface area contributed by atoms with Gasteiger partial charge in [0, 0.05) is 18.6 Å². The van der Waals surface area contributed by atoms with Crippen molar-refractivity contribution < 1.29 is 63.7 Å². The second-order valence-electron chi connectivity index (χ2n) is 0. The number of hydrogen-bond acceptors (Lipinski definition) is 0. The van der Waals surface area contributed by atoms with E-state index in [9.17, 15) is 0 Å². The quantitative estimate of drug-likeness (QED) is 0.324. The summed E-state index contributed by atoms with van der Waals surface area (Å²) in [4.78, 5) is 0. The molecule has 0 aliphatic heterocycles. The van der Waals surface area contributed by atoms with Gasteiger partial charge in [0.15, 0.2) is 0 Å². The molecule has 0 aliphatic carbocycles. The summed E-state index contributed by atoms with van der Waals surface area (Å²) in [6, 6.07) is 0. The van der Waals surface area contributed by atoms with E-state index in [1.807, 2.05) is 0 Å². The molecule has 0 aromatic rings. The molecule has 0 nitrogen and oxygen atoms in total. The predicted molar refractivity (Wildman–Crippen MR) is 8.62 cm³/mol. The maximum Gasteiger partial charge on any atom is 1.00 e. The molecule has 0 rings (SSSR count). The molecule has 0 unspecified atom stereocenters. The first-order valence-electron chi connectivity index (χ1n) is 0. The Balaban J connectivity index is 0. The van der Waals surface area contributed by atoms with Gasteiger partial charge in [-0.2, -0.15) is 0 Å². The first-order chi connectivity index (χ1) is 0. The fourth-order valence-corrected chi connectivity index (χ4v) is 0. The summed E-state index contributed by atoms with van der Waals surface area (Å²) in [6.07, 6.45) is 0. The summed E-state index contributed by atoms with van der Waals surface area (Å²) in [5, 5.41) is 0. The van der Waals surface area contributed by atoms with Crippen LogP contribution < -0.4 is 29.6 Å². The third kappa shape index (κ3) is 32.4. The minimum absolute atomic E-state index is 0. The fraction of sp³-hybridized carbons (Fsp3) is 0. The van der Waals surface area contributed by atoms with Gasteiger partial charge in [-0.1, -0.05) is 0 Å². The predicted octanol–water partition coefficient (Wildman–Crippen LogP) is -2.43. The molecule has 0 heterocycles. The molecule has 0 aliphatic rings. The summed E-state index contributed by atoms with van der Waals surface area (Å²) in [5.74, 6) is 0. The van der Waals surface area contributed by atoms with Crippen LogP contribution in [-0.2, 0) is 18.6 Å². The molecule has 0 atom stereocenters. The van der Waals surface area contributed by atoms with Crippen LogP contribution in [0.2, 0.25) is 0 Å². The third-order valence-electron chi connectivity index (χ3n) is 0. The smallest absolute Gasteiger partial charge is 1.00 e. The van der Waals surface area contributed by atoms with Gasteiger partial charge in [0.25, 0.3) is 0 Å². The second kappa shape index (κ2) is 54.4. The normalized spacial score (nSPS) is 0. The minimum Gasteiger partial charge on any atom is -1.00 e. The van der Waals surface area contributed by atoms with Crippen LogP contribution in [0.4, 0.5) is 14.1 Å². The van der Waals surface area contributed by atoms with Crippen molar-refractivity contribution in [3.63, 3.8) is 0 Å². The molecule has 0 spiro atoms. The van der Waals surface area contributed by atoms with Crippen LogP contribution in [0.25, 0.3) is 0 Å². The Labute approximate surface area is 63.5 Å². The van der Waals surface area contributed by atoms with Gasteiger partial charge in [0.05, 0.1) is 0 Å². The second-order valence-corrected chi connectivity index (χ2v) is 0. The molecule has 1 radical (unpaired) electrons. The summed E-state index contributed by atoms with van der Waals surface area (Å²) >= 11 is 0. The van der Waals surface area contributed by atoms with Crippen molar-refractivity contribution in [1.29, 1.82) is 0 Å². The Bertz CT molecular complexity index is 10.8. The number of halogens is 3. The molecule has 5 heteroatoms. The standard InChI is InChI=1S/3FH.Na.V.H/h3*1H;;;/q;;;+1;;-1. The minimum atomic E-state index is 0. The Morgan fingerprint density at radius 1 is 0.800 bits per heavy atom. The van der Waals surface area contributed by atoms with E-state index in [1.54, 1.807) is 0 Å². The molecule has 5 heavy (non-hydrogen) atoms. The maximum atomic E-state index is 0. The van der Waals surface area contributed by atoms with Crippen LogP contribution in [-0.4, -0.2) is 0 Å². The van der Waals surface area contributed by atoms with Crippen LogP contribution in [0.5, 0.6) is 0 Å². The molecule has 0 saturated heterocycles. The van der Waals surface area contributed by atoms with Crippen molar-refractivity contribution in [3.8, 4) is 0 Å². The Morgan fingerprint density at radius 3 is 0.800 bits per heavy atom. The van der Waals surface area contributed by atoms with Gasteiger partial charge in [-0.25, -0.2) is 0 Å². The van der Waals surface area contributed by atoms with Crippen molar-refractivity contribution >= 4 is 0 Å². The van der Waals surface area contributed by atoms with E-state index >= 15 is 0 Å². The molecule has 0 fully saturated rings. The molecule has 0 aromatic heterocycles. The molecule has 0 N–H and O–H groups in total. The largest absolute Gasteiger partial charge is 1.00 e. The van der Waals surface area contributed by atoms with E-state index in [2.05, 4.69) is 0 Å². The SMILES string of the molecule is F.F.F.[H-].[Na+].[V]. The summed E-state index contributed by atoms with van der Waals surface area (Å²) in [5.41, 5.74) is 0. The van der Waals surface area contributed by atoms with Gasteiger partial charge in [-0.15, -0.1) is 0 Å². The van der Waals surface area contributed by atoms with E-state index in [0.29, 0.717) is 0 Å². The van der Waals surface area contributed by atoms with Crippen LogP contribution in [0, 0.1) is 0 Å². The molecule has 0 amide bonds. The Hall–Kier alpha value is 1.37. The average Bonchev–Trinajstić information content (AvgIpc) is 0. The molecular formula is H4F3NaV. The molecular weight excluding hydrogens is 131 g/mol.